The standard InChI is InChI=1S/C64H45N/c1-63(2)57-20-10-6-16-51(57)55-38-32-47(40-61(55)63)46-30-35-49(36-31-46)65(48-33-28-45(29-34-48)44-26-24-43(25-27-44)42-14-4-3-5-15-42)50-37-39-56-54-19-9-13-23-60(54)64(62(56)41-50)58-21-11-7-17-52(58)53-18-8-12-22-59(53)64/h3-41H,1-2H3. The third-order valence-corrected chi connectivity index (χ3v) is 14.7. The predicted octanol–water partition coefficient (Wildman–Crippen LogP) is 16.8. The number of hydrogen-bond donors (Lipinski definition) is 0. The van der Waals surface area contributed by atoms with E-state index in [-0.39, 0.29) is 5.41 Å². The molecule has 0 saturated carbocycles. The van der Waals surface area contributed by atoms with Crippen LogP contribution < -0.4 is 4.90 Å². The predicted molar refractivity (Wildman–Crippen MR) is 271 cm³/mol. The summed E-state index contributed by atoms with van der Waals surface area (Å²) < 4.78 is 0. The fraction of sp³-hybridized carbons (Fsp3) is 0.0625. The van der Waals surface area contributed by atoms with Crippen molar-refractivity contribution in [3.05, 3.63) is 270 Å². The highest BCUT2D eigenvalue weighted by atomic mass is 15.1. The fourth-order valence-corrected chi connectivity index (χ4v) is 11.6. The molecule has 3 aliphatic carbocycles. The zero-order valence-corrected chi connectivity index (χ0v) is 36.5. The van der Waals surface area contributed by atoms with E-state index >= 15 is 0 Å². The van der Waals surface area contributed by atoms with Gasteiger partial charge in [0.2, 0.25) is 0 Å². The molecule has 10 aromatic rings. The molecule has 0 heterocycles. The number of hydrogen-bond acceptors (Lipinski definition) is 1. The molecule has 3 aliphatic rings. The molecule has 0 atom stereocenters. The van der Waals surface area contributed by atoms with Crippen molar-refractivity contribution in [3.63, 3.8) is 0 Å². The van der Waals surface area contributed by atoms with Crippen LogP contribution in [0, 0.1) is 0 Å². The first kappa shape index (κ1) is 37.5. The van der Waals surface area contributed by atoms with Crippen LogP contribution in [0.1, 0.15) is 47.2 Å². The Balaban J connectivity index is 0.944. The first-order valence-corrected chi connectivity index (χ1v) is 22.8. The van der Waals surface area contributed by atoms with Gasteiger partial charge in [0.05, 0.1) is 5.41 Å². The molecule has 0 fully saturated rings. The van der Waals surface area contributed by atoms with Crippen molar-refractivity contribution in [2.75, 3.05) is 4.90 Å². The first-order chi connectivity index (χ1) is 32.0. The highest BCUT2D eigenvalue weighted by molar-refractivity contribution is 5.96. The van der Waals surface area contributed by atoms with Crippen LogP contribution in [0.15, 0.2) is 237 Å². The first-order valence-electron chi connectivity index (χ1n) is 22.8. The van der Waals surface area contributed by atoms with Gasteiger partial charge >= 0.3 is 0 Å². The van der Waals surface area contributed by atoms with Crippen LogP contribution in [-0.2, 0) is 10.8 Å². The molecule has 0 aliphatic heterocycles. The lowest BCUT2D eigenvalue weighted by atomic mass is 9.70. The topological polar surface area (TPSA) is 3.24 Å². The maximum absolute atomic E-state index is 2.48. The molecule has 306 valence electrons. The van der Waals surface area contributed by atoms with Gasteiger partial charge in [-0.25, -0.2) is 0 Å². The zero-order chi connectivity index (χ0) is 43.3. The molecule has 0 saturated heterocycles. The second kappa shape index (κ2) is 14.3. The van der Waals surface area contributed by atoms with Gasteiger partial charge in [-0.2, -0.15) is 0 Å². The minimum Gasteiger partial charge on any atom is -0.310 e. The summed E-state index contributed by atoms with van der Waals surface area (Å²) in [5.74, 6) is 0. The maximum atomic E-state index is 2.48. The van der Waals surface area contributed by atoms with E-state index in [1.165, 1.54) is 100 Å². The van der Waals surface area contributed by atoms with Gasteiger partial charge in [0.15, 0.2) is 0 Å². The van der Waals surface area contributed by atoms with Crippen LogP contribution in [0.5, 0.6) is 0 Å². The third kappa shape index (κ3) is 5.52. The Morgan fingerprint density at radius 1 is 0.246 bits per heavy atom. The number of fused-ring (bicyclic) bond motifs is 13. The second-order valence-electron chi connectivity index (χ2n) is 18.4. The van der Waals surface area contributed by atoms with Gasteiger partial charge in [0, 0.05) is 22.5 Å². The molecule has 1 nitrogen and oxygen atoms in total. The van der Waals surface area contributed by atoms with Gasteiger partial charge in [-0.1, -0.05) is 208 Å². The van der Waals surface area contributed by atoms with Crippen LogP contribution in [-0.4, -0.2) is 0 Å². The second-order valence-corrected chi connectivity index (χ2v) is 18.4. The van der Waals surface area contributed by atoms with E-state index in [1.807, 2.05) is 0 Å². The SMILES string of the molecule is CC1(C)c2ccccc2-c2ccc(-c3ccc(N(c4ccc(-c5ccc(-c6ccccc6)cc5)cc4)c4ccc5c(c4)C4(c6ccccc6-c6ccccc64)c4ccccc4-5)cc3)cc21. The van der Waals surface area contributed by atoms with Gasteiger partial charge in [-0.05, 0) is 143 Å². The summed E-state index contributed by atoms with van der Waals surface area (Å²) in [4.78, 5) is 2.44. The minimum atomic E-state index is -0.429. The molecule has 13 rings (SSSR count). The molecule has 0 amide bonds. The van der Waals surface area contributed by atoms with Gasteiger partial charge in [-0.3, -0.25) is 0 Å². The summed E-state index contributed by atoms with van der Waals surface area (Å²) >= 11 is 0. The summed E-state index contributed by atoms with van der Waals surface area (Å²) in [7, 11) is 0. The molecular formula is C64H45N. The molecule has 1 heteroatoms. The van der Waals surface area contributed by atoms with E-state index in [4.69, 9.17) is 0 Å². The number of anilines is 3. The van der Waals surface area contributed by atoms with Crippen molar-refractivity contribution in [2.45, 2.75) is 24.7 Å². The number of benzene rings is 10. The lowest BCUT2D eigenvalue weighted by Crippen LogP contribution is -2.26. The Kier molecular flexibility index (Phi) is 8.24. The maximum Gasteiger partial charge on any atom is 0.0726 e. The van der Waals surface area contributed by atoms with Crippen molar-refractivity contribution in [1.82, 2.24) is 0 Å². The summed E-state index contributed by atoms with van der Waals surface area (Å²) in [5.41, 5.74) is 26.2. The van der Waals surface area contributed by atoms with Gasteiger partial charge in [-0.15, -0.1) is 0 Å². The zero-order valence-electron chi connectivity index (χ0n) is 36.5. The van der Waals surface area contributed by atoms with Crippen LogP contribution in [0.25, 0.3) is 66.8 Å². The Morgan fingerprint density at radius 2 is 0.585 bits per heavy atom. The largest absolute Gasteiger partial charge is 0.310 e. The third-order valence-electron chi connectivity index (χ3n) is 14.7. The molecule has 10 aromatic carbocycles. The summed E-state index contributed by atoms with van der Waals surface area (Å²) in [6.07, 6.45) is 0. The van der Waals surface area contributed by atoms with E-state index < -0.39 is 5.41 Å². The summed E-state index contributed by atoms with van der Waals surface area (Å²) in [5, 5.41) is 0. The Labute approximate surface area is 381 Å². The highest BCUT2D eigenvalue weighted by Crippen LogP contribution is 2.63. The molecule has 0 unspecified atom stereocenters. The monoisotopic (exact) mass is 827 g/mol. The van der Waals surface area contributed by atoms with Crippen molar-refractivity contribution >= 4 is 17.1 Å². The van der Waals surface area contributed by atoms with Crippen molar-refractivity contribution in [1.29, 1.82) is 0 Å². The quantitative estimate of drug-likeness (QED) is 0.161. The normalized spacial score (nSPS) is 13.9. The lowest BCUT2D eigenvalue weighted by Gasteiger charge is -2.32. The average Bonchev–Trinajstić information content (AvgIpc) is 3.93. The van der Waals surface area contributed by atoms with Crippen molar-refractivity contribution in [2.24, 2.45) is 0 Å². The number of rotatable bonds is 6. The van der Waals surface area contributed by atoms with Crippen LogP contribution in [0.3, 0.4) is 0 Å². The lowest BCUT2D eigenvalue weighted by molar-refractivity contribution is 0.660. The molecule has 1 spiro atoms. The molecule has 65 heavy (non-hydrogen) atoms. The van der Waals surface area contributed by atoms with Crippen molar-refractivity contribution < 1.29 is 0 Å². The van der Waals surface area contributed by atoms with E-state index in [1.54, 1.807) is 0 Å². The van der Waals surface area contributed by atoms with Gasteiger partial charge < -0.3 is 4.90 Å². The summed E-state index contributed by atoms with van der Waals surface area (Å²) in [6, 6.07) is 88.1. The van der Waals surface area contributed by atoms with E-state index in [0.29, 0.717) is 0 Å². The minimum absolute atomic E-state index is 0.0558. The molecule has 0 N–H and O–H groups in total. The molecule has 0 radical (unpaired) electrons. The Hall–Kier alpha value is -8.00. The van der Waals surface area contributed by atoms with E-state index in [2.05, 4.69) is 255 Å². The molecule has 0 bridgehead atoms. The van der Waals surface area contributed by atoms with Crippen molar-refractivity contribution in [3.8, 4) is 66.8 Å². The van der Waals surface area contributed by atoms with E-state index in [0.717, 1.165) is 17.1 Å². The average molecular weight is 828 g/mol. The van der Waals surface area contributed by atoms with Gasteiger partial charge in [0.1, 0.15) is 0 Å². The fourth-order valence-electron chi connectivity index (χ4n) is 11.6. The number of nitrogens with zero attached hydrogens (tertiary/aromatic N) is 1. The Morgan fingerprint density at radius 3 is 1.11 bits per heavy atom. The molecular weight excluding hydrogens is 783 g/mol. The molecule has 0 aromatic heterocycles. The Bertz CT molecular complexity index is 3420. The van der Waals surface area contributed by atoms with Crippen LogP contribution >= 0.6 is 0 Å². The van der Waals surface area contributed by atoms with Gasteiger partial charge in [0.25, 0.3) is 0 Å². The van der Waals surface area contributed by atoms with E-state index in [9.17, 15) is 0 Å². The summed E-state index contributed by atoms with van der Waals surface area (Å²) in [6.45, 7) is 4.71. The van der Waals surface area contributed by atoms with Crippen LogP contribution in [0.4, 0.5) is 17.1 Å². The highest BCUT2D eigenvalue weighted by Gasteiger charge is 2.51. The smallest absolute Gasteiger partial charge is 0.0726 e. The van der Waals surface area contributed by atoms with Crippen LogP contribution in [0.2, 0.25) is 0 Å².